The number of rotatable bonds is 6. The minimum atomic E-state index is -0.607. The Kier molecular flexibility index (Phi) is 5.25. The van der Waals surface area contributed by atoms with Gasteiger partial charge in [-0.3, -0.25) is 9.59 Å². The molecule has 0 aromatic heterocycles. The molecule has 0 bridgehead atoms. The van der Waals surface area contributed by atoms with Crippen LogP contribution in [0.25, 0.3) is 0 Å². The van der Waals surface area contributed by atoms with Gasteiger partial charge in [0.05, 0.1) is 6.61 Å². The zero-order chi connectivity index (χ0) is 15.5. The Morgan fingerprint density at radius 1 is 1.33 bits per heavy atom. The van der Waals surface area contributed by atoms with E-state index >= 15 is 0 Å². The van der Waals surface area contributed by atoms with Gasteiger partial charge in [-0.2, -0.15) is 0 Å². The zero-order valence-electron chi connectivity index (χ0n) is 13.5. The molecule has 2 amide bonds. The SMILES string of the molecule is CCC1NC(=O)C2(CCCC2)N(CCOCC(C)C)C1=O. The summed E-state index contributed by atoms with van der Waals surface area (Å²) >= 11 is 0. The summed E-state index contributed by atoms with van der Waals surface area (Å²) in [7, 11) is 0. The molecule has 2 fully saturated rings. The fraction of sp³-hybridized carbons (Fsp3) is 0.875. The Bertz CT molecular complexity index is 389. The number of nitrogens with zero attached hydrogens (tertiary/aromatic N) is 1. The van der Waals surface area contributed by atoms with Crippen LogP contribution in [0.15, 0.2) is 0 Å². The van der Waals surface area contributed by atoms with E-state index in [9.17, 15) is 9.59 Å². The van der Waals surface area contributed by atoms with Crippen molar-refractivity contribution in [3.05, 3.63) is 0 Å². The zero-order valence-corrected chi connectivity index (χ0v) is 13.5. The second kappa shape index (κ2) is 6.77. The number of hydrogen-bond acceptors (Lipinski definition) is 3. The molecule has 5 heteroatoms. The van der Waals surface area contributed by atoms with Gasteiger partial charge in [0, 0.05) is 13.2 Å². The molecule has 5 nitrogen and oxygen atoms in total. The summed E-state index contributed by atoms with van der Waals surface area (Å²) < 4.78 is 5.63. The summed E-state index contributed by atoms with van der Waals surface area (Å²) in [4.78, 5) is 27.0. The molecule has 1 aliphatic carbocycles. The maximum Gasteiger partial charge on any atom is 0.246 e. The lowest BCUT2D eigenvalue weighted by molar-refractivity contribution is -0.158. The maximum atomic E-state index is 12.6. The quantitative estimate of drug-likeness (QED) is 0.759. The number of carbonyl (C=O) groups excluding carboxylic acids is 2. The van der Waals surface area contributed by atoms with Crippen LogP contribution >= 0.6 is 0 Å². The van der Waals surface area contributed by atoms with E-state index < -0.39 is 5.54 Å². The highest BCUT2D eigenvalue weighted by molar-refractivity contribution is 6.00. The Hall–Kier alpha value is -1.10. The van der Waals surface area contributed by atoms with E-state index in [1.165, 1.54) is 0 Å². The van der Waals surface area contributed by atoms with Gasteiger partial charge >= 0.3 is 0 Å². The first-order valence-corrected chi connectivity index (χ1v) is 8.21. The van der Waals surface area contributed by atoms with Crippen molar-refractivity contribution in [2.75, 3.05) is 19.8 Å². The van der Waals surface area contributed by atoms with Crippen molar-refractivity contribution < 1.29 is 14.3 Å². The first kappa shape index (κ1) is 16.3. The predicted octanol–water partition coefficient (Wildman–Crippen LogP) is 1.71. The maximum absolute atomic E-state index is 12.6. The van der Waals surface area contributed by atoms with Crippen LogP contribution in [0.3, 0.4) is 0 Å². The molecule has 0 aromatic rings. The van der Waals surface area contributed by atoms with Crippen LogP contribution in [0, 0.1) is 5.92 Å². The Morgan fingerprint density at radius 3 is 2.57 bits per heavy atom. The van der Waals surface area contributed by atoms with Gasteiger partial charge in [-0.05, 0) is 25.2 Å². The first-order valence-electron chi connectivity index (χ1n) is 8.21. The van der Waals surface area contributed by atoms with Gasteiger partial charge in [0.25, 0.3) is 0 Å². The van der Waals surface area contributed by atoms with Crippen LogP contribution in [0.4, 0.5) is 0 Å². The third kappa shape index (κ3) is 3.23. The average Bonchev–Trinajstić information content (AvgIpc) is 2.92. The van der Waals surface area contributed by atoms with Crippen LogP contribution < -0.4 is 5.32 Å². The van der Waals surface area contributed by atoms with E-state index in [0.29, 0.717) is 32.1 Å². The molecule has 2 rings (SSSR count). The van der Waals surface area contributed by atoms with Crippen molar-refractivity contribution in [1.29, 1.82) is 0 Å². The van der Waals surface area contributed by atoms with Crippen molar-refractivity contribution in [2.24, 2.45) is 5.92 Å². The van der Waals surface area contributed by atoms with E-state index in [4.69, 9.17) is 4.74 Å². The molecule has 0 aromatic carbocycles. The number of ether oxygens (including phenoxy) is 1. The number of amides is 2. The number of hydrogen-bond donors (Lipinski definition) is 1. The highest BCUT2D eigenvalue weighted by atomic mass is 16.5. The molecule has 2 aliphatic rings. The summed E-state index contributed by atoms with van der Waals surface area (Å²) in [6, 6.07) is -0.367. The fourth-order valence-electron chi connectivity index (χ4n) is 3.41. The van der Waals surface area contributed by atoms with Gasteiger partial charge in [0.1, 0.15) is 11.6 Å². The van der Waals surface area contributed by atoms with Gasteiger partial charge in [0.2, 0.25) is 11.8 Å². The van der Waals surface area contributed by atoms with E-state index in [-0.39, 0.29) is 17.9 Å². The highest BCUT2D eigenvalue weighted by Gasteiger charge is 2.53. The first-order chi connectivity index (χ1) is 10.0. The number of carbonyl (C=O) groups is 2. The molecular formula is C16H28N2O3. The molecule has 1 saturated heterocycles. The second-order valence-corrected chi connectivity index (χ2v) is 6.63. The highest BCUT2D eigenvalue weighted by Crippen LogP contribution is 2.38. The number of nitrogens with one attached hydrogen (secondary N) is 1. The second-order valence-electron chi connectivity index (χ2n) is 6.63. The van der Waals surface area contributed by atoms with Crippen molar-refractivity contribution in [1.82, 2.24) is 10.2 Å². The molecule has 1 spiro atoms. The van der Waals surface area contributed by atoms with Gasteiger partial charge in [-0.15, -0.1) is 0 Å². The van der Waals surface area contributed by atoms with Gasteiger partial charge in [0.15, 0.2) is 0 Å². The molecule has 1 N–H and O–H groups in total. The van der Waals surface area contributed by atoms with Crippen molar-refractivity contribution in [2.45, 2.75) is 64.5 Å². The Morgan fingerprint density at radius 2 is 2.00 bits per heavy atom. The number of piperazine rings is 1. The molecule has 1 atom stereocenters. The van der Waals surface area contributed by atoms with Crippen molar-refractivity contribution in [3.8, 4) is 0 Å². The lowest BCUT2D eigenvalue weighted by Gasteiger charge is -2.46. The van der Waals surface area contributed by atoms with Crippen LogP contribution in [0.5, 0.6) is 0 Å². The Balaban J connectivity index is 2.07. The Labute approximate surface area is 127 Å². The van der Waals surface area contributed by atoms with Crippen molar-refractivity contribution in [3.63, 3.8) is 0 Å². The third-order valence-corrected chi connectivity index (χ3v) is 4.56. The van der Waals surface area contributed by atoms with E-state index in [1.54, 1.807) is 0 Å². The van der Waals surface area contributed by atoms with Crippen LogP contribution in [-0.2, 0) is 14.3 Å². The van der Waals surface area contributed by atoms with Crippen LogP contribution in [0.1, 0.15) is 52.9 Å². The van der Waals surface area contributed by atoms with Gasteiger partial charge in [-0.25, -0.2) is 0 Å². The molecule has 1 unspecified atom stereocenters. The molecule has 21 heavy (non-hydrogen) atoms. The standard InChI is InChI=1S/C16H28N2O3/c1-4-13-14(19)18(9-10-21-11-12(2)3)16(15(20)17-13)7-5-6-8-16/h12-13H,4-11H2,1-3H3,(H,17,20). The largest absolute Gasteiger partial charge is 0.379 e. The third-order valence-electron chi connectivity index (χ3n) is 4.56. The summed E-state index contributed by atoms with van der Waals surface area (Å²) in [6.07, 6.45) is 4.24. The normalized spacial score (nSPS) is 25.0. The topological polar surface area (TPSA) is 58.6 Å². The smallest absolute Gasteiger partial charge is 0.246 e. The molecule has 1 saturated carbocycles. The lowest BCUT2D eigenvalue weighted by atomic mass is 9.89. The average molecular weight is 296 g/mol. The molecule has 1 heterocycles. The minimum Gasteiger partial charge on any atom is -0.379 e. The molecule has 1 aliphatic heterocycles. The predicted molar refractivity (Wildman–Crippen MR) is 80.8 cm³/mol. The van der Waals surface area contributed by atoms with Crippen LogP contribution in [-0.4, -0.2) is 48.1 Å². The van der Waals surface area contributed by atoms with E-state index in [2.05, 4.69) is 19.2 Å². The fourth-order valence-corrected chi connectivity index (χ4v) is 3.41. The van der Waals surface area contributed by atoms with Crippen LogP contribution in [0.2, 0.25) is 0 Å². The summed E-state index contributed by atoms with van der Waals surface area (Å²) in [5.41, 5.74) is -0.607. The van der Waals surface area contributed by atoms with E-state index in [1.807, 2.05) is 11.8 Å². The lowest BCUT2D eigenvalue weighted by Crippen LogP contribution is -2.70. The summed E-state index contributed by atoms with van der Waals surface area (Å²) in [6.45, 7) is 7.86. The minimum absolute atomic E-state index is 0.0373. The summed E-state index contributed by atoms with van der Waals surface area (Å²) in [5, 5.41) is 2.92. The van der Waals surface area contributed by atoms with Gasteiger partial charge in [-0.1, -0.05) is 33.6 Å². The van der Waals surface area contributed by atoms with Gasteiger partial charge < -0.3 is 15.0 Å². The van der Waals surface area contributed by atoms with E-state index in [0.717, 1.165) is 25.7 Å². The molecule has 0 radical (unpaired) electrons. The molecular weight excluding hydrogens is 268 g/mol. The summed E-state index contributed by atoms with van der Waals surface area (Å²) in [5.74, 6) is 0.580. The monoisotopic (exact) mass is 296 g/mol. The molecule has 120 valence electrons. The van der Waals surface area contributed by atoms with Crippen molar-refractivity contribution >= 4 is 11.8 Å².